The van der Waals surface area contributed by atoms with Crippen LogP contribution in [0.4, 0.5) is 0 Å². The second kappa shape index (κ2) is 6.24. The molecule has 1 N–H and O–H groups in total. The Balaban J connectivity index is 1.56. The molecule has 1 atom stereocenters. The van der Waals surface area contributed by atoms with E-state index in [0.717, 1.165) is 18.9 Å². The predicted molar refractivity (Wildman–Crippen MR) is 81.6 cm³/mol. The van der Waals surface area contributed by atoms with Gasteiger partial charge in [-0.15, -0.1) is 11.3 Å². The van der Waals surface area contributed by atoms with Gasteiger partial charge in [0.2, 0.25) is 5.91 Å². The fourth-order valence-corrected chi connectivity index (χ4v) is 3.98. The molecule has 2 aliphatic heterocycles. The molecule has 3 heterocycles. The van der Waals surface area contributed by atoms with Gasteiger partial charge in [-0.2, -0.15) is 0 Å². The number of piperidine rings is 1. The average molecular weight is 293 g/mol. The summed E-state index contributed by atoms with van der Waals surface area (Å²) in [6.07, 6.45) is 3.79. The number of carbonyl (C=O) groups is 1. The van der Waals surface area contributed by atoms with E-state index in [9.17, 15) is 4.79 Å². The molecule has 1 unspecified atom stereocenters. The van der Waals surface area contributed by atoms with Gasteiger partial charge < -0.3 is 9.80 Å². The number of nitrogens with one attached hydrogen (secondary N) is 1. The van der Waals surface area contributed by atoms with Gasteiger partial charge in [-0.05, 0) is 56.8 Å². The van der Waals surface area contributed by atoms with E-state index in [2.05, 4.69) is 34.8 Å². The highest BCUT2D eigenvalue weighted by Crippen LogP contribution is 2.28. The van der Waals surface area contributed by atoms with Crippen LogP contribution in [-0.2, 0) is 4.79 Å². The maximum Gasteiger partial charge on any atom is 0.238 e. The lowest BCUT2D eigenvalue weighted by atomic mass is 9.93. The molecule has 0 spiro atoms. The fourth-order valence-electron chi connectivity index (χ4n) is 3.17. The van der Waals surface area contributed by atoms with E-state index in [4.69, 9.17) is 0 Å². The van der Waals surface area contributed by atoms with Crippen molar-refractivity contribution in [3.8, 4) is 0 Å². The molecule has 1 amide bonds. The van der Waals surface area contributed by atoms with Gasteiger partial charge in [-0.25, -0.2) is 0 Å². The highest BCUT2D eigenvalue weighted by atomic mass is 32.1. The molecule has 110 valence electrons. The molecule has 1 aromatic rings. The van der Waals surface area contributed by atoms with Crippen molar-refractivity contribution in [2.24, 2.45) is 5.92 Å². The van der Waals surface area contributed by atoms with E-state index in [1.54, 1.807) is 11.3 Å². The van der Waals surface area contributed by atoms with Gasteiger partial charge >= 0.3 is 0 Å². The minimum absolute atomic E-state index is 0.105. The molecule has 0 radical (unpaired) electrons. The predicted octanol–water partition coefficient (Wildman–Crippen LogP) is 1.91. The number of rotatable bonds is 4. The van der Waals surface area contributed by atoms with E-state index in [1.807, 2.05) is 4.90 Å². The zero-order chi connectivity index (χ0) is 13.9. The molecule has 0 bridgehead atoms. The van der Waals surface area contributed by atoms with Crippen LogP contribution >= 0.6 is 11.3 Å². The monoisotopic (exact) mass is 293 g/mol. The van der Waals surface area contributed by atoms with Crippen LogP contribution in [0.3, 0.4) is 0 Å². The van der Waals surface area contributed by atoms with Crippen molar-refractivity contribution in [2.75, 3.05) is 33.2 Å². The summed E-state index contributed by atoms with van der Waals surface area (Å²) in [4.78, 5) is 17.7. The van der Waals surface area contributed by atoms with Gasteiger partial charge in [-0.3, -0.25) is 10.1 Å². The van der Waals surface area contributed by atoms with E-state index >= 15 is 0 Å². The Morgan fingerprint density at radius 1 is 1.40 bits per heavy atom. The van der Waals surface area contributed by atoms with Crippen molar-refractivity contribution < 1.29 is 4.79 Å². The van der Waals surface area contributed by atoms with Crippen molar-refractivity contribution in [1.82, 2.24) is 15.1 Å². The maximum atomic E-state index is 12.1. The summed E-state index contributed by atoms with van der Waals surface area (Å²) in [5, 5.41) is 5.41. The molecule has 1 aromatic heterocycles. The second-order valence-corrected chi connectivity index (χ2v) is 6.90. The smallest absolute Gasteiger partial charge is 0.238 e. The summed E-state index contributed by atoms with van der Waals surface area (Å²) in [5.41, 5.74) is 0. The quantitative estimate of drug-likeness (QED) is 0.921. The fraction of sp³-hybridized carbons (Fsp3) is 0.667. The number of carbonyl (C=O) groups excluding carboxylic acids is 1. The number of amides is 1. The molecular weight excluding hydrogens is 270 g/mol. The summed E-state index contributed by atoms with van der Waals surface area (Å²) in [6.45, 7) is 3.77. The zero-order valence-electron chi connectivity index (χ0n) is 12.0. The van der Waals surface area contributed by atoms with Gasteiger partial charge in [0.15, 0.2) is 0 Å². The number of thiophene rings is 1. The van der Waals surface area contributed by atoms with Crippen molar-refractivity contribution >= 4 is 17.2 Å². The molecule has 0 saturated carbocycles. The van der Waals surface area contributed by atoms with E-state index in [0.29, 0.717) is 6.54 Å². The van der Waals surface area contributed by atoms with Crippen LogP contribution in [0.15, 0.2) is 17.5 Å². The third kappa shape index (κ3) is 3.05. The van der Waals surface area contributed by atoms with Crippen LogP contribution in [0, 0.1) is 5.92 Å². The highest BCUT2D eigenvalue weighted by Gasteiger charge is 2.32. The molecule has 3 rings (SSSR count). The summed E-state index contributed by atoms with van der Waals surface area (Å²) >= 11 is 1.72. The summed E-state index contributed by atoms with van der Waals surface area (Å²) in [5.74, 6) is 1.03. The largest absolute Gasteiger partial charge is 0.321 e. The van der Waals surface area contributed by atoms with Crippen molar-refractivity contribution in [3.63, 3.8) is 0 Å². The van der Waals surface area contributed by atoms with Gasteiger partial charge in [0.05, 0.1) is 6.54 Å². The lowest BCUT2D eigenvalue weighted by Crippen LogP contribution is -2.34. The molecule has 0 aromatic carbocycles. The molecule has 0 aliphatic carbocycles. The van der Waals surface area contributed by atoms with Crippen LogP contribution in [0.5, 0.6) is 0 Å². The first-order valence-electron chi connectivity index (χ1n) is 7.49. The first-order valence-corrected chi connectivity index (χ1v) is 8.37. The van der Waals surface area contributed by atoms with Crippen molar-refractivity contribution in [3.05, 3.63) is 22.4 Å². The number of hydrogen-bond acceptors (Lipinski definition) is 4. The normalized spacial score (nSPS) is 25.6. The van der Waals surface area contributed by atoms with E-state index in [-0.39, 0.29) is 12.1 Å². The molecule has 2 saturated heterocycles. The third-order valence-corrected chi connectivity index (χ3v) is 5.43. The Labute approximate surface area is 124 Å². The zero-order valence-corrected chi connectivity index (χ0v) is 12.9. The number of hydrogen-bond donors (Lipinski definition) is 1. The van der Waals surface area contributed by atoms with Gasteiger partial charge in [0.1, 0.15) is 6.17 Å². The van der Waals surface area contributed by atoms with Crippen LogP contribution in [0.25, 0.3) is 0 Å². The Bertz CT molecular complexity index is 440. The summed E-state index contributed by atoms with van der Waals surface area (Å²) in [7, 11) is 2.19. The number of likely N-dealkylation sites (tertiary alicyclic amines) is 1. The topological polar surface area (TPSA) is 35.6 Å². The summed E-state index contributed by atoms with van der Waals surface area (Å²) in [6, 6.07) is 4.17. The SMILES string of the molecule is CN1CCC(CCN2C(=O)CNC2c2cccs2)CC1. The van der Waals surface area contributed by atoms with E-state index < -0.39 is 0 Å². The molecule has 2 fully saturated rings. The Morgan fingerprint density at radius 2 is 2.20 bits per heavy atom. The van der Waals surface area contributed by atoms with Crippen molar-refractivity contribution in [2.45, 2.75) is 25.4 Å². The maximum absolute atomic E-state index is 12.1. The second-order valence-electron chi connectivity index (χ2n) is 5.92. The van der Waals surface area contributed by atoms with Crippen LogP contribution in [-0.4, -0.2) is 48.9 Å². The lowest BCUT2D eigenvalue weighted by Gasteiger charge is -2.31. The molecular formula is C15H23N3OS. The number of nitrogens with zero attached hydrogens (tertiary/aromatic N) is 2. The highest BCUT2D eigenvalue weighted by molar-refractivity contribution is 7.10. The van der Waals surface area contributed by atoms with Gasteiger partial charge in [0, 0.05) is 11.4 Å². The first kappa shape index (κ1) is 14.0. The third-order valence-electron chi connectivity index (χ3n) is 4.51. The standard InChI is InChI=1S/C15H23N3OS/c1-17-7-4-12(5-8-17)6-9-18-14(19)11-16-15(18)13-3-2-10-20-13/h2-3,10,12,15-16H,4-9,11H2,1H3. The van der Waals surface area contributed by atoms with Gasteiger partial charge in [0.25, 0.3) is 0 Å². The Hall–Kier alpha value is -0.910. The van der Waals surface area contributed by atoms with Gasteiger partial charge in [-0.1, -0.05) is 6.07 Å². The lowest BCUT2D eigenvalue weighted by molar-refractivity contribution is -0.128. The first-order chi connectivity index (χ1) is 9.74. The summed E-state index contributed by atoms with van der Waals surface area (Å²) < 4.78 is 0. The van der Waals surface area contributed by atoms with Crippen LogP contribution in [0.1, 0.15) is 30.3 Å². The molecule has 2 aliphatic rings. The minimum Gasteiger partial charge on any atom is -0.321 e. The molecule has 20 heavy (non-hydrogen) atoms. The molecule has 5 heteroatoms. The van der Waals surface area contributed by atoms with Crippen LogP contribution < -0.4 is 5.32 Å². The average Bonchev–Trinajstić information content (AvgIpc) is 3.08. The van der Waals surface area contributed by atoms with E-state index in [1.165, 1.54) is 30.8 Å². The molecule has 4 nitrogen and oxygen atoms in total. The Kier molecular flexibility index (Phi) is 4.38. The minimum atomic E-state index is 0.105. The van der Waals surface area contributed by atoms with Crippen molar-refractivity contribution in [1.29, 1.82) is 0 Å². The van der Waals surface area contributed by atoms with Crippen LogP contribution in [0.2, 0.25) is 0 Å². The Morgan fingerprint density at radius 3 is 2.90 bits per heavy atom.